The molecule has 0 aromatic carbocycles. The summed E-state index contributed by atoms with van der Waals surface area (Å²) in [6.45, 7) is 7.53. The van der Waals surface area contributed by atoms with E-state index < -0.39 is 17.1 Å². The zero-order chi connectivity index (χ0) is 14.7. The van der Waals surface area contributed by atoms with E-state index in [2.05, 4.69) is 13.2 Å². The Balaban J connectivity index is 2.54. The van der Waals surface area contributed by atoms with Crippen molar-refractivity contribution >= 4 is 0 Å². The van der Waals surface area contributed by atoms with Gasteiger partial charge >= 0.3 is 17.1 Å². The summed E-state index contributed by atoms with van der Waals surface area (Å²) in [7, 11) is 0. The third-order valence-corrected chi connectivity index (χ3v) is 2.69. The molecule has 108 valence electrons. The fourth-order valence-electron chi connectivity index (χ4n) is 1.61. The smallest absolute Gasteiger partial charge is 0.370 e. The van der Waals surface area contributed by atoms with Crippen LogP contribution in [0.25, 0.3) is 0 Å². The fourth-order valence-corrected chi connectivity index (χ4v) is 1.61. The first-order valence-corrected chi connectivity index (χ1v) is 6.03. The number of hydrogen-bond donors (Lipinski definition) is 0. The second kappa shape index (κ2) is 5.74. The molecule has 1 aliphatic rings. The van der Waals surface area contributed by atoms with Gasteiger partial charge in [-0.2, -0.15) is 0 Å². The number of rotatable bonds is 7. The van der Waals surface area contributed by atoms with E-state index in [-0.39, 0.29) is 25.8 Å². The van der Waals surface area contributed by atoms with Crippen LogP contribution in [0.3, 0.4) is 0 Å². The largest absolute Gasteiger partial charge is 0.402 e. The first-order chi connectivity index (χ1) is 9.60. The Morgan fingerprint density at radius 2 is 1.60 bits per heavy atom. The van der Waals surface area contributed by atoms with Crippen molar-refractivity contribution in [2.24, 2.45) is 0 Å². The summed E-state index contributed by atoms with van der Waals surface area (Å²) in [5.41, 5.74) is -2.39. The molecule has 1 aromatic heterocycles. The van der Waals surface area contributed by atoms with E-state index in [9.17, 15) is 14.4 Å². The predicted octanol–water partition coefficient (Wildman–Crippen LogP) is -1.63. The number of nitrogens with zero attached hydrogens (tertiary/aromatic N) is 3. The molecule has 2 rings (SSSR count). The lowest BCUT2D eigenvalue weighted by Gasteiger charge is -2.11. The van der Waals surface area contributed by atoms with E-state index >= 15 is 0 Å². The molecule has 1 aliphatic heterocycles. The predicted molar refractivity (Wildman–Crippen MR) is 70.8 cm³/mol. The van der Waals surface area contributed by atoms with Gasteiger partial charge in [0.2, 0.25) is 0 Å². The topological polar surface area (TPSA) is 87.8 Å². The fraction of sp³-hybridized carbons (Fsp3) is 0.417. The molecule has 8 heteroatoms. The second-order valence-corrected chi connectivity index (χ2v) is 4.19. The quantitative estimate of drug-likeness (QED) is 0.442. The highest BCUT2D eigenvalue weighted by Crippen LogP contribution is 2.06. The highest BCUT2D eigenvalue weighted by atomic mass is 16.7. The van der Waals surface area contributed by atoms with Gasteiger partial charge in [0, 0.05) is 0 Å². The van der Waals surface area contributed by atoms with Crippen LogP contribution >= 0.6 is 0 Å². The van der Waals surface area contributed by atoms with E-state index in [1.165, 1.54) is 12.2 Å². The van der Waals surface area contributed by atoms with E-state index in [0.717, 1.165) is 9.13 Å². The van der Waals surface area contributed by atoms with Gasteiger partial charge in [-0.15, -0.1) is 13.2 Å². The van der Waals surface area contributed by atoms with Crippen molar-refractivity contribution in [1.82, 2.24) is 13.9 Å². The van der Waals surface area contributed by atoms with Gasteiger partial charge in [-0.1, -0.05) is 16.9 Å². The molecule has 20 heavy (non-hydrogen) atoms. The van der Waals surface area contributed by atoms with Crippen LogP contribution in [0.4, 0.5) is 0 Å². The van der Waals surface area contributed by atoms with Crippen molar-refractivity contribution in [2.45, 2.75) is 19.2 Å². The lowest BCUT2D eigenvalue weighted by Crippen LogP contribution is -2.56. The van der Waals surface area contributed by atoms with Gasteiger partial charge in [-0.25, -0.2) is 23.5 Å². The highest BCUT2D eigenvalue weighted by molar-refractivity contribution is 4.83. The third-order valence-electron chi connectivity index (χ3n) is 2.69. The molecule has 1 aromatic rings. The SMILES string of the molecule is C=CCn1c(=O)n(CC=C)c(=O)n(OCC2CO2)c1=O. The van der Waals surface area contributed by atoms with E-state index in [1.54, 1.807) is 0 Å². The van der Waals surface area contributed by atoms with Crippen molar-refractivity contribution in [1.29, 1.82) is 0 Å². The van der Waals surface area contributed by atoms with Crippen LogP contribution in [0.2, 0.25) is 0 Å². The summed E-state index contributed by atoms with van der Waals surface area (Å²) in [5.74, 6) is 0. The summed E-state index contributed by atoms with van der Waals surface area (Å²) in [5, 5.41) is 0. The molecule has 0 saturated carbocycles. The molecule has 0 aliphatic carbocycles. The van der Waals surface area contributed by atoms with Gasteiger partial charge in [0.15, 0.2) is 0 Å². The van der Waals surface area contributed by atoms with Crippen LogP contribution in [0.15, 0.2) is 39.7 Å². The summed E-state index contributed by atoms with van der Waals surface area (Å²) in [6, 6.07) is 0. The van der Waals surface area contributed by atoms with Crippen molar-refractivity contribution in [3.05, 3.63) is 56.8 Å². The lowest BCUT2D eigenvalue weighted by atomic mass is 10.5. The summed E-state index contributed by atoms with van der Waals surface area (Å²) >= 11 is 0. The summed E-state index contributed by atoms with van der Waals surface area (Å²) in [4.78, 5) is 41.3. The Morgan fingerprint density at radius 1 is 1.10 bits per heavy atom. The molecule has 0 spiro atoms. The molecule has 0 radical (unpaired) electrons. The third kappa shape index (κ3) is 2.64. The van der Waals surface area contributed by atoms with Crippen molar-refractivity contribution in [3.8, 4) is 0 Å². The number of allylic oxidation sites excluding steroid dienone is 2. The monoisotopic (exact) mass is 281 g/mol. The van der Waals surface area contributed by atoms with Gasteiger partial charge in [0.25, 0.3) is 0 Å². The van der Waals surface area contributed by atoms with Crippen LogP contribution in [0.5, 0.6) is 0 Å². The van der Waals surface area contributed by atoms with Crippen molar-refractivity contribution < 1.29 is 9.57 Å². The van der Waals surface area contributed by atoms with Gasteiger partial charge in [-0.3, -0.25) is 0 Å². The molecule has 8 nitrogen and oxygen atoms in total. The molecular formula is C12H15N3O5. The number of epoxide rings is 1. The lowest BCUT2D eigenvalue weighted by molar-refractivity contribution is 0.0673. The van der Waals surface area contributed by atoms with Gasteiger partial charge < -0.3 is 9.57 Å². The maximum atomic E-state index is 12.1. The number of aromatic nitrogens is 3. The minimum atomic E-state index is -0.833. The minimum Gasteiger partial charge on any atom is -0.402 e. The maximum Gasteiger partial charge on any atom is 0.370 e. The average Bonchev–Trinajstić information content (AvgIpc) is 3.24. The molecule has 1 saturated heterocycles. The number of hydrogen-bond acceptors (Lipinski definition) is 5. The Morgan fingerprint density at radius 3 is 2.00 bits per heavy atom. The molecule has 1 unspecified atom stereocenters. The van der Waals surface area contributed by atoms with Crippen LogP contribution in [0.1, 0.15) is 0 Å². The van der Waals surface area contributed by atoms with E-state index in [0.29, 0.717) is 11.3 Å². The molecule has 1 atom stereocenters. The Bertz CT molecular complexity index is 644. The van der Waals surface area contributed by atoms with E-state index in [4.69, 9.17) is 9.57 Å². The van der Waals surface area contributed by atoms with Gasteiger partial charge in [0.1, 0.15) is 12.7 Å². The van der Waals surface area contributed by atoms with E-state index in [1.807, 2.05) is 0 Å². The van der Waals surface area contributed by atoms with Gasteiger partial charge in [-0.05, 0) is 0 Å². The molecule has 1 fully saturated rings. The second-order valence-electron chi connectivity index (χ2n) is 4.19. The molecule has 0 bridgehead atoms. The Labute approximate surface area is 113 Å². The van der Waals surface area contributed by atoms with Crippen molar-refractivity contribution in [3.63, 3.8) is 0 Å². The standard InChI is InChI=1S/C12H15N3O5/c1-3-5-13-10(16)14(6-4-2)12(18)15(11(13)17)20-8-9-7-19-9/h3-4,9H,1-2,5-8H2. The molecule has 2 heterocycles. The highest BCUT2D eigenvalue weighted by Gasteiger charge is 2.25. The van der Waals surface area contributed by atoms with Crippen LogP contribution in [-0.2, 0) is 17.8 Å². The van der Waals surface area contributed by atoms with Crippen molar-refractivity contribution in [2.75, 3.05) is 13.2 Å². The van der Waals surface area contributed by atoms with Crippen LogP contribution < -0.4 is 21.9 Å². The first kappa shape index (κ1) is 14.1. The number of ether oxygens (including phenoxy) is 1. The average molecular weight is 281 g/mol. The molecule has 0 amide bonds. The normalized spacial score (nSPS) is 16.7. The zero-order valence-corrected chi connectivity index (χ0v) is 10.9. The Kier molecular flexibility index (Phi) is 4.04. The zero-order valence-electron chi connectivity index (χ0n) is 10.9. The van der Waals surface area contributed by atoms with Gasteiger partial charge in [0.05, 0.1) is 19.7 Å². The first-order valence-electron chi connectivity index (χ1n) is 6.03. The Hall–Kier alpha value is -2.35. The van der Waals surface area contributed by atoms with Crippen LogP contribution in [-0.4, -0.2) is 33.2 Å². The molecular weight excluding hydrogens is 266 g/mol. The minimum absolute atomic E-state index is 0.0155. The van der Waals surface area contributed by atoms with Crippen LogP contribution in [0, 0.1) is 0 Å². The summed E-state index contributed by atoms with van der Waals surface area (Å²) < 4.78 is 7.24. The summed E-state index contributed by atoms with van der Waals surface area (Å²) in [6.07, 6.45) is 2.66. The maximum absolute atomic E-state index is 12.1. The molecule has 0 N–H and O–H groups in total.